The lowest BCUT2D eigenvalue weighted by Gasteiger charge is -2.34. The van der Waals surface area contributed by atoms with Crippen molar-refractivity contribution in [2.24, 2.45) is 0 Å². The predicted molar refractivity (Wildman–Crippen MR) is 236 cm³/mol. The summed E-state index contributed by atoms with van der Waals surface area (Å²) in [6.45, 7) is 4.64. The molecule has 0 fully saturated rings. The van der Waals surface area contributed by atoms with Crippen molar-refractivity contribution in [1.29, 1.82) is 0 Å². The second kappa shape index (κ2) is 13.2. The Morgan fingerprint density at radius 1 is 0.362 bits per heavy atom. The summed E-state index contributed by atoms with van der Waals surface area (Å²) in [5.41, 5.74) is 18.8. The number of rotatable bonds is 6. The summed E-state index contributed by atoms with van der Waals surface area (Å²) in [6, 6.07) is 69.9. The van der Waals surface area contributed by atoms with Crippen molar-refractivity contribution in [2.45, 2.75) is 24.7 Å². The van der Waals surface area contributed by atoms with E-state index in [4.69, 9.17) is 15.0 Å². The SMILES string of the molecule is CC1(C)c2ccccc2-c2cc(-c3cccnc3-c3cc(-c4ccc5c(c4)C(c4ccccc4)(c4ccccc4)c4ccccc4-5)nc(-c4ccccc4)n3)ccc21. The standard InChI is InChI=1S/C55H39N3/c1-54(2)46-26-14-12-24-43(46)45-33-37(29-31-47(45)54)41-25-16-32-56-52(41)51-35-50(57-53(58-51)36-17-6-3-7-18-36)38-28-30-44-42-23-13-15-27-48(42)55(49(44)34-38,39-19-8-4-9-20-39)40-21-10-5-11-22-40/h3-35H,1-2H3. The summed E-state index contributed by atoms with van der Waals surface area (Å²) in [4.78, 5) is 15.6. The highest BCUT2D eigenvalue weighted by molar-refractivity contribution is 5.90. The van der Waals surface area contributed by atoms with Crippen molar-refractivity contribution < 1.29 is 0 Å². The fourth-order valence-electron chi connectivity index (χ4n) is 9.77. The Hall–Kier alpha value is -7.23. The van der Waals surface area contributed by atoms with Gasteiger partial charge >= 0.3 is 0 Å². The maximum atomic E-state index is 5.32. The normalized spacial score (nSPS) is 14.0. The number of hydrogen-bond acceptors (Lipinski definition) is 3. The van der Waals surface area contributed by atoms with Crippen LogP contribution in [0.5, 0.6) is 0 Å². The smallest absolute Gasteiger partial charge is 0.160 e. The highest BCUT2D eigenvalue weighted by Gasteiger charge is 2.46. The average Bonchev–Trinajstić information content (AvgIpc) is 3.72. The molecule has 0 atom stereocenters. The Kier molecular flexibility index (Phi) is 7.74. The van der Waals surface area contributed by atoms with Crippen LogP contribution in [0.25, 0.3) is 67.4 Å². The Labute approximate surface area is 339 Å². The van der Waals surface area contributed by atoms with Crippen LogP contribution in [-0.4, -0.2) is 15.0 Å². The quantitative estimate of drug-likeness (QED) is 0.170. The van der Waals surface area contributed by atoms with E-state index in [2.05, 4.69) is 184 Å². The molecule has 2 aliphatic rings. The molecule has 58 heavy (non-hydrogen) atoms. The Balaban J connectivity index is 1.12. The van der Waals surface area contributed by atoms with Gasteiger partial charge in [-0.15, -0.1) is 0 Å². The third-order valence-electron chi connectivity index (χ3n) is 12.5. The van der Waals surface area contributed by atoms with E-state index in [9.17, 15) is 0 Å². The van der Waals surface area contributed by atoms with Crippen LogP contribution in [0.4, 0.5) is 0 Å². The molecule has 0 radical (unpaired) electrons. The van der Waals surface area contributed by atoms with Gasteiger partial charge in [-0.05, 0) is 85.5 Å². The zero-order valence-corrected chi connectivity index (χ0v) is 32.4. The predicted octanol–water partition coefficient (Wildman–Crippen LogP) is 13.2. The number of nitrogens with zero attached hydrogens (tertiary/aromatic N) is 3. The second-order valence-corrected chi connectivity index (χ2v) is 15.9. The van der Waals surface area contributed by atoms with Crippen molar-refractivity contribution >= 4 is 0 Å². The maximum Gasteiger partial charge on any atom is 0.160 e. The molecule has 274 valence electrons. The lowest BCUT2D eigenvalue weighted by atomic mass is 9.67. The molecule has 0 bridgehead atoms. The molecule has 0 saturated heterocycles. The van der Waals surface area contributed by atoms with Gasteiger partial charge in [0.2, 0.25) is 0 Å². The summed E-state index contributed by atoms with van der Waals surface area (Å²) in [5.74, 6) is 0.662. The van der Waals surface area contributed by atoms with Crippen LogP contribution in [0.3, 0.4) is 0 Å². The lowest BCUT2D eigenvalue weighted by Crippen LogP contribution is -2.28. The molecule has 0 amide bonds. The summed E-state index contributed by atoms with van der Waals surface area (Å²) in [6.07, 6.45) is 1.87. The topological polar surface area (TPSA) is 38.7 Å². The van der Waals surface area contributed by atoms with E-state index >= 15 is 0 Å². The van der Waals surface area contributed by atoms with Gasteiger partial charge in [0.1, 0.15) is 0 Å². The van der Waals surface area contributed by atoms with Gasteiger partial charge < -0.3 is 0 Å². The summed E-state index contributed by atoms with van der Waals surface area (Å²) >= 11 is 0. The monoisotopic (exact) mass is 741 g/mol. The largest absolute Gasteiger partial charge is 0.254 e. The van der Waals surface area contributed by atoms with E-state index < -0.39 is 5.41 Å². The van der Waals surface area contributed by atoms with E-state index in [1.165, 1.54) is 55.6 Å². The zero-order chi connectivity index (χ0) is 38.8. The van der Waals surface area contributed by atoms with E-state index in [0.29, 0.717) is 5.82 Å². The van der Waals surface area contributed by atoms with Gasteiger partial charge in [-0.25, -0.2) is 9.97 Å². The van der Waals surface area contributed by atoms with Crippen molar-refractivity contribution in [1.82, 2.24) is 15.0 Å². The number of pyridine rings is 1. The third-order valence-corrected chi connectivity index (χ3v) is 12.5. The molecule has 7 aromatic carbocycles. The molecule has 0 saturated carbocycles. The van der Waals surface area contributed by atoms with Crippen LogP contribution < -0.4 is 0 Å². The van der Waals surface area contributed by atoms with Gasteiger partial charge in [0.15, 0.2) is 5.82 Å². The van der Waals surface area contributed by atoms with Crippen LogP contribution >= 0.6 is 0 Å². The van der Waals surface area contributed by atoms with E-state index in [0.717, 1.165) is 39.3 Å². The van der Waals surface area contributed by atoms with Gasteiger partial charge in [-0.2, -0.15) is 0 Å². The van der Waals surface area contributed by atoms with Gasteiger partial charge in [0.05, 0.1) is 22.5 Å². The summed E-state index contributed by atoms with van der Waals surface area (Å²) in [7, 11) is 0. The Bertz CT molecular complexity index is 2980. The molecule has 0 aliphatic heterocycles. The van der Waals surface area contributed by atoms with Gasteiger partial charge in [-0.3, -0.25) is 4.98 Å². The second-order valence-electron chi connectivity index (χ2n) is 15.9. The molecule has 9 aromatic rings. The first-order valence-corrected chi connectivity index (χ1v) is 20.0. The third kappa shape index (κ3) is 5.10. The van der Waals surface area contributed by atoms with E-state index in [-0.39, 0.29) is 5.41 Å². The minimum Gasteiger partial charge on any atom is -0.254 e. The minimum atomic E-state index is -0.516. The highest BCUT2D eigenvalue weighted by Crippen LogP contribution is 2.57. The molecule has 2 aromatic heterocycles. The van der Waals surface area contributed by atoms with Crippen LogP contribution in [0.2, 0.25) is 0 Å². The first kappa shape index (κ1) is 34.1. The number of benzene rings is 7. The Morgan fingerprint density at radius 2 is 0.914 bits per heavy atom. The van der Waals surface area contributed by atoms with Crippen LogP contribution in [0.1, 0.15) is 47.2 Å². The first-order chi connectivity index (χ1) is 28.5. The molecule has 3 nitrogen and oxygen atoms in total. The number of fused-ring (bicyclic) bond motifs is 6. The lowest BCUT2D eigenvalue weighted by molar-refractivity contribution is 0.660. The summed E-state index contributed by atoms with van der Waals surface area (Å²) in [5, 5.41) is 0. The van der Waals surface area contributed by atoms with Crippen molar-refractivity contribution in [3.8, 4) is 67.4 Å². The average molecular weight is 742 g/mol. The minimum absolute atomic E-state index is 0.0653. The maximum absolute atomic E-state index is 5.32. The number of hydrogen-bond donors (Lipinski definition) is 0. The molecule has 0 unspecified atom stereocenters. The molecule has 2 heterocycles. The van der Waals surface area contributed by atoms with Crippen molar-refractivity contribution in [2.75, 3.05) is 0 Å². The van der Waals surface area contributed by atoms with E-state index in [1.807, 2.05) is 30.5 Å². The van der Waals surface area contributed by atoms with Crippen molar-refractivity contribution in [3.63, 3.8) is 0 Å². The van der Waals surface area contributed by atoms with Crippen LogP contribution in [-0.2, 0) is 10.8 Å². The molecule has 3 heteroatoms. The zero-order valence-electron chi connectivity index (χ0n) is 32.4. The Morgan fingerprint density at radius 3 is 1.64 bits per heavy atom. The molecule has 0 N–H and O–H groups in total. The van der Waals surface area contributed by atoms with Gasteiger partial charge in [0, 0.05) is 28.3 Å². The number of aromatic nitrogens is 3. The summed E-state index contributed by atoms with van der Waals surface area (Å²) < 4.78 is 0. The van der Waals surface area contributed by atoms with Crippen LogP contribution in [0.15, 0.2) is 200 Å². The van der Waals surface area contributed by atoms with Gasteiger partial charge in [0.25, 0.3) is 0 Å². The molecular weight excluding hydrogens is 703 g/mol. The molecule has 0 spiro atoms. The molecule has 11 rings (SSSR count). The fourth-order valence-corrected chi connectivity index (χ4v) is 9.77. The van der Waals surface area contributed by atoms with Gasteiger partial charge in [-0.1, -0.05) is 184 Å². The molecular formula is C55H39N3. The highest BCUT2D eigenvalue weighted by atomic mass is 14.9. The van der Waals surface area contributed by atoms with E-state index in [1.54, 1.807) is 0 Å². The molecule has 2 aliphatic carbocycles. The van der Waals surface area contributed by atoms with Crippen molar-refractivity contribution in [3.05, 3.63) is 234 Å². The fraction of sp³-hybridized carbons (Fsp3) is 0.0727. The first-order valence-electron chi connectivity index (χ1n) is 20.0. The van der Waals surface area contributed by atoms with Crippen LogP contribution in [0, 0.1) is 0 Å².